The van der Waals surface area contributed by atoms with Gasteiger partial charge in [-0.3, -0.25) is 9.36 Å². The van der Waals surface area contributed by atoms with Gasteiger partial charge in [0.15, 0.2) is 5.16 Å². The summed E-state index contributed by atoms with van der Waals surface area (Å²) in [4.78, 5) is 24.0. The molecule has 0 radical (unpaired) electrons. The number of rotatable bonds is 6. The lowest BCUT2D eigenvalue weighted by Crippen LogP contribution is -2.32. The number of nitrogens with one attached hydrogen (secondary N) is 1. The van der Waals surface area contributed by atoms with Crippen molar-refractivity contribution in [2.24, 2.45) is 0 Å². The average molecular weight is 368 g/mol. The summed E-state index contributed by atoms with van der Waals surface area (Å²) < 4.78 is 27.2. The molecule has 0 bridgehead atoms. The van der Waals surface area contributed by atoms with Crippen LogP contribution in [0, 0.1) is 0 Å². The summed E-state index contributed by atoms with van der Waals surface area (Å²) in [6.07, 6.45) is 0.779. The van der Waals surface area contributed by atoms with Gasteiger partial charge in [-0.25, -0.2) is 22.6 Å². The number of fused-ring (bicyclic) bond motifs is 1. The highest BCUT2D eigenvalue weighted by atomic mass is 32.2. The highest BCUT2D eigenvalue weighted by Gasteiger charge is 2.40. The summed E-state index contributed by atoms with van der Waals surface area (Å²) in [6, 6.07) is 6.17. The molecule has 2 heterocycles. The lowest BCUT2D eigenvalue weighted by atomic mass is 10.2. The molecule has 0 aliphatic carbocycles. The van der Waals surface area contributed by atoms with E-state index in [0.717, 1.165) is 10.7 Å². The van der Waals surface area contributed by atoms with Crippen LogP contribution in [0.1, 0.15) is 23.7 Å². The Bertz CT molecular complexity index is 932. The third-order valence-electron chi connectivity index (χ3n) is 3.61. The Morgan fingerprint density at radius 3 is 2.67 bits per heavy atom. The van der Waals surface area contributed by atoms with Gasteiger partial charge in [0, 0.05) is 18.8 Å². The standard InChI is InChI=1S/C14H16N4O4S2/c1-2-7-17-13(20)15-16-14(17)23-9-8-18-12(19)10-5-3-4-6-11(10)24(18,21)22/h3-6H,2,7-9H2,1H3,(H,15,20). The molecule has 0 saturated heterocycles. The molecule has 0 atom stereocenters. The summed E-state index contributed by atoms with van der Waals surface area (Å²) >= 11 is 1.24. The average Bonchev–Trinajstić information content (AvgIpc) is 3.00. The number of aromatic amines is 1. The summed E-state index contributed by atoms with van der Waals surface area (Å²) in [5.41, 5.74) is -0.0956. The molecule has 3 rings (SSSR count). The first kappa shape index (κ1) is 16.8. The molecular formula is C14H16N4O4S2. The minimum absolute atomic E-state index is 0.0215. The van der Waals surface area contributed by atoms with Crippen molar-refractivity contribution in [2.45, 2.75) is 29.9 Å². The second-order valence-electron chi connectivity index (χ2n) is 5.19. The number of H-pyrrole nitrogens is 1. The van der Waals surface area contributed by atoms with Crippen molar-refractivity contribution < 1.29 is 13.2 Å². The Hall–Kier alpha value is -2.07. The van der Waals surface area contributed by atoms with Crippen LogP contribution in [0.25, 0.3) is 0 Å². The third kappa shape index (κ3) is 2.75. The predicted octanol–water partition coefficient (Wildman–Crippen LogP) is 0.918. The minimum atomic E-state index is -3.79. The first-order valence-electron chi connectivity index (χ1n) is 7.41. The number of benzene rings is 1. The maximum Gasteiger partial charge on any atom is 0.343 e. The first-order valence-corrected chi connectivity index (χ1v) is 9.83. The molecule has 1 N–H and O–H groups in total. The summed E-state index contributed by atoms with van der Waals surface area (Å²) in [6.45, 7) is 2.50. The smallest absolute Gasteiger partial charge is 0.270 e. The van der Waals surface area contributed by atoms with Gasteiger partial charge in [-0.15, -0.1) is 5.10 Å². The zero-order valence-electron chi connectivity index (χ0n) is 12.9. The second-order valence-corrected chi connectivity index (χ2v) is 8.08. The van der Waals surface area contributed by atoms with E-state index in [1.165, 1.54) is 28.5 Å². The van der Waals surface area contributed by atoms with Gasteiger partial charge in [-0.05, 0) is 18.6 Å². The summed E-state index contributed by atoms with van der Waals surface area (Å²) in [5.74, 6) is -0.202. The van der Waals surface area contributed by atoms with Gasteiger partial charge >= 0.3 is 5.69 Å². The van der Waals surface area contributed by atoms with Crippen molar-refractivity contribution >= 4 is 27.7 Å². The molecule has 1 aliphatic heterocycles. The monoisotopic (exact) mass is 368 g/mol. The topological polar surface area (TPSA) is 105 Å². The fourth-order valence-electron chi connectivity index (χ4n) is 2.51. The molecular weight excluding hydrogens is 352 g/mol. The van der Waals surface area contributed by atoms with Crippen LogP contribution in [0.4, 0.5) is 0 Å². The zero-order chi connectivity index (χ0) is 17.3. The SMILES string of the molecule is CCCn1c(SCCN2C(=O)c3ccccc3S2(=O)=O)n[nH]c1=O. The molecule has 0 spiro atoms. The van der Waals surface area contributed by atoms with Crippen LogP contribution in [-0.4, -0.2) is 45.7 Å². The molecule has 1 aliphatic rings. The molecule has 1 amide bonds. The van der Waals surface area contributed by atoms with E-state index in [0.29, 0.717) is 17.5 Å². The molecule has 0 saturated carbocycles. The Morgan fingerprint density at radius 2 is 1.96 bits per heavy atom. The Labute approximate surface area is 142 Å². The molecule has 10 heteroatoms. The Morgan fingerprint density at radius 1 is 1.21 bits per heavy atom. The van der Waals surface area contributed by atoms with Crippen LogP contribution in [-0.2, 0) is 16.6 Å². The lowest BCUT2D eigenvalue weighted by molar-refractivity contribution is 0.0876. The molecule has 128 valence electrons. The van der Waals surface area contributed by atoms with Gasteiger partial charge in [-0.1, -0.05) is 30.8 Å². The number of hydrogen-bond acceptors (Lipinski definition) is 6. The van der Waals surface area contributed by atoms with Crippen LogP contribution >= 0.6 is 11.8 Å². The van der Waals surface area contributed by atoms with Gasteiger partial charge in [-0.2, -0.15) is 0 Å². The van der Waals surface area contributed by atoms with E-state index < -0.39 is 15.9 Å². The van der Waals surface area contributed by atoms with Gasteiger partial charge in [0.25, 0.3) is 15.9 Å². The Kier molecular flexibility index (Phi) is 4.50. The van der Waals surface area contributed by atoms with Crippen LogP contribution in [0.5, 0.6) is 0 Å². The van der Waals surface area contributed by atoms with E-state index in [1.807, 2.05) is 6.92 Å². The summed E-state index contributed by atoms with van der Waals surface area (Å²) in [5, 5.41) is 6.80. The number of hydrogen-bond donors (Lipinski definition) is 1. The molecule has 0 fully saturated rings. The summed E-state index contributed by atoms with van der Waals surface area (Å²) in [7, 11) is -3.79. The van der Waals surface area contributed by atoms with Gasteiger partial charge in [0.05, 0.1) is 5.56 Å². The van der Waals surface area contributed by atoms with Crippen LogP contribution < -0.4 is 5.69 Å². The van der Waals surface area contributed by atoms with E-state index in [9.17, 15) is 18.0 Å². The van der Waals surface area contributed by atoms with E-state index in [2.05, 4.69) is 10.2 Å². The van der Waals surface area contributed by atoms with Crippen molar-refractivity contribution in [1.29, 1.82) is 0 Å². The van der Waals surface area contributed by atoms with Crippen molar-refractivity contribution in [3.63, 3.8) is 0 Å². The molecule has 8 nitrogen and oxygen atoms in total. The van der Waals surface area contributed by atoms with Crippen molar-refractivity contribution in [2.75, 3.05) is 12.3 Å². The highest BCUT2D eigenvalue weighted by Crippen LogP contribution is 2.30. The lowest BCUT2D eigenvalue weighted by Gasteiger charge is -2.14. The molecule has 24 heavy (non-hydrogen) atoms. The minimum Gasteiger partial charge on any atom is -0.270 e. The number of aromatic nitrogens is 3. The third-order valence-corrected chi connectivity index (χ3v) is 6.41. The van der Waals surface area contributed by atoms with Crippen molar-refractivity contribution in [1.82, 2.24) is 19.1 Å². The van der Waals surface area contributed by atoms with Gasteiger partial charge < -0.3 is 0 Å². The highest BCUT2D eigenvalue weighted by molar-refractivity contribution is 7.99. The second kappa shape index (κ2) is 6.44. The quantitative estimate of drug-likeness (QED) is 0.760. The number of nitrogens with zero attached hydrogens (tertiary/aromatic N) is 3. The van der Waals surface area contributed by atoms with E-state index >= 15 is 0 Å². The number of carbonyl (C=O) groups excluding carboxylic acids is 1. The van der Waals surface area contributed by atoms with Gasteiger partial charge in [0.1, 0.15) is 4.90 Å². The van der Waals surface area contributed by atoms with Crippen LogP contribution in [0.3, 0.4) is 0 Å². The fraction of sp³-hybridized carbons (Fsp3) is 0.357. The first-order chi connectivity index (χ1) is 11.5. The maximum absolute atomic E-state index is 12.4. The number of thioether (sulfide) groups is 1. The largest absolute Gasteiger partial charge is 0.343 e. The predicted molar refractivity (Wildman–Crippen MR) is 88.5 cm³/mol. The fourth-order valence-corrected chi connectivity index (χ4v) is 5.09. The Balaban J connectivity index is 1.73. The van der Waals surface area contributed by atoms with Crippen LogP contribution in [0.2, 0.25) is 0 Å². The maximum atomic E-state index is 12.4. The number of sulfonamides is 1. The van der Waals surface area contributed by atoms with Crippen molar-refractivity contribution in [3.05, 3.63) is 40.3 Å². The molecule has 1 aromatic carbocycles. The number of carbonyl (C=O) groups is 1. The van der Waals surface area contributed by atoms with Crippen LogP contribution in [0.15, 0.2) is 39.1 Å². The van der Waals surface area contributed by atoms with E-state index in [-0.39, 0.29) is 22.7 Å². The molecule has 1 aromatic heterocycles. The van der Waals surface area contributed by atoms with Crippen molar-refractivity contribution in [3.8, 4) is 0 Å². The van der Waals surface area contributed by atoms with E-state index in [1.54, 1.807) is 12.1 Å². The normalized spacial score (nSPS) is 15.7. The molecule has 0 unspecified atom stereocenters. The zero-order valence-corrected chi connectivity index (χ0v) is 14.6. The number of amides is 1. The molecule has 2 aromatic rings. The van der Waals surface area contributed by atoms with E-state index in [4.69, 9.17) is 0 Å². The van der Waals surface area contributed by atoms with Gasteiger partial charge in [0.2, 0.25) is 0 Å².